The van der Waals surface area contributed by atoms with Crippen molar-refractivity contribution < 1.29 is 35.1 Å². The highest BCUT2D eigenvalue weighted by Gasteiger charge is 2.67. The van der Waals surface area contributed by atoms with Crippen LogP contribution in [0.1, 0.15) is 0 Å². The minimum Gasteiger partial charge on any atom is -0.230 e. The first-order valence-electron chi connectivity index (χ1n) is 2.72. The largest absolute Gasteiger partial charge is 0.425 e. The summed E-state index contributed by atoms with van der Waals surface area (Å²) in [6.45, 7) is 1.45. The molecule has 79 valence electrons. The first-order valence-corrected chi connectivity index (χ1v) is 2.72. The van der Waals surface area contributed by atoms with Gasteiger partial charge in [0.05, 0.1) is 0 Å². The molecule has 0 saturated carbocycles. The van der Waals surface area contributed by atoms with Gasteiger partial charge in [0.1, 0.15) is 0 Å². The molecule has 0 aliphatic heterocycles. The molecule has 0 aromatic heterocycles. The van der Waals surface area contributed by atoms with Gasteiger partial charge in [0.2, 0.25) is 0 Å². The number of hydrogen-bond acceptors (Lipinski definition) is 0. The second-order valence-corrected chi connectivity index (χ2v) is 2.23. The molecule has 0 rings (SSSR count). The molecule has 0 bridgehead atoms. The van der Waals surface area contributed by atoms with Crippen molar-refractivity contribution >= 4 is 0 Å². The minimum atomic E-state index is -6.04. The summed E-state index contributed by atoms with van der Waals surface area (Å²) in [5.74, 6) is -11.2. The third-order valence-electron chi connectivity index (χ3n) is 1.09. The fourth-order valence-corrected chi connectivity index (χ4v) is 0.391. The Morgan fingerprint density at radius 1 is 0.846 bits per heavy atom. The highest BCUT2D eigenvalue weighted by atomic mass is 19.4. The normalized spacial score (nSPS) is 17.3. The highest BCUT2D eigenvalue weighted by Crippen LogP contribution is 2.43. The third-order valence-corrected chi connectivity index (χ3v) is 1.09. The third kappa shape index (κ3) is 2.44. The maximum Gasteiger partial charge on any atom is 0.425 e. The molecule has 0 heterocycles. The monoisotopic (exact) mass is 215 g/mol. The summed E-state index contributed by atoms with van der Waals surface area (Å²) in [5.41, 5.74) is 0. The lowest BCUT2D eigenvalue weighted by molar-refractivity contribution is -0.294. The Bertz CT molecular complexity index is 174. The van der Waals surface area contributed by atoms with Gasteiger partial charge in [-0.1, -0.05) is 0 Å². The number of halogens is 8. The van der Waals surface area contributed by atoms with Crippen molar-refractivity contribution in [3.63, 3.8) is 0 Å². The molecule has 1 radical (unpaired) electrons. The van der Waals surface area contributed by atoms with Gasteiger partial charge in [-0.25, -0.2) is 4.39 Å². The highest BCUT2D eigenvalue weighted by molar-refractivity contribution is 4.95. The Morgan fingerprint density at radius 3 is 1.23 bits per heavy atom. The Kier molecular flexibility index (Phi) is 2.86. The average molecular weight is 215 g/mol. The van der Waals surface area contributed by atoms with Gasteiger partial charge in [-0.2, -0.15) is 30.7 Å². The van der Waals surface area contributed by atoms with Gasteiger partial charge < -0.3 is 0 Å². The van der Waals surface area contributed by atoms with E-state index in [1.807, 2.05) is 0 Å². The number of alkyl halides is 8. The molecule has 13 heavy (non-hydrogen) atoms. The zero-order valence-electron chi connectivity index (χ0n) is 5.81. The van der Waals surface area contributed by atoms with E-state index in [1.165, 1.54) is 6.92 Å². The molecule has 0 N–H and O–H groups in total. The number of hydrogen-bond donors (Lipinski definition) is 0. The average Bonchev–Trinajstić information content (AvgIpc) is 1.81. The molecule has 8 heteroatoms. The van der Waals surface area contributed by atoms with Gasteiger partial charge in [0.15, 0.2) is 0 Å². The van der Waals surface area contributed by atoms with E-state index in [9.17, 15) is 35.1 Å². The molecule has 1 atom stereocenters. The van der Waals surface area contributed by atoms with Crippen LogP contribution in [0.5, 0.6) is 0 Å². The lowest BCUT2D eigenvalue weighted by Gasteiger charge is -2.27. The Morgan fingerprint density at radius 2 is 1.15 bits per heavy atom. The first-order chi connectivity index (χ1) is 5.40. The van der Waals surface area contributed by atoms with Gasteiger partial charge >= 0.3 is 18.0 Å². The van der Waals surface area contributed by atoms with Gasteiger partial charge in [-0.3, -0.25) is 0 Å². The van der Waals surface area contributed by atoms with Crippen molar-refractivity contribution in [3.05, 3.63) is 6.92 Å². The first kappa shape index (κ1) is 12.4. The van der Waals surface area contributed by atoms with Gasteiger partial charge in [-0.15, -0.1) is 0 Å². The zero-order chi connectivity index (χ0) is 11.1. The second-order valence-electron chi connectivity index (χ2n) is 2.23. The molecule has 0 aliphatic rings. The molecular weight excluding hydrogens is 212 g/mol. The predicted molar refractivity (Wildman–Crippen MR) is 26.2 cm³/mol. The van der Waals surface area contributed by atoms with Crippen molar-refractivity contribution in [3.8, 4) is 0 Å². The topological polar surface area (TPSA) is 0 Å². The summed E-state index contributed by atoms with van der Waals surface area (Å²) in [4.78, 5) is 0. The molecule has 0 aromatic rings. The van der Waals surface area contributed by atoms with Crippen LogP contribution >= 0.6 is 0 Å². The van der Waals surface area contributed by atoms with E-state index < -0.39 is 24.2 Å². The predicted octanol–water partition coefficient (Wildman–Crippen LogP) is 2.99. The van der Waals surface area contributed by atoms with E-state index >= 15 is 0 Å². The van der Waals surface area contributed by atoms with E-state index in [-0.39, 0.29) is 0 Å². The van der Waals surface area contributed by atoms with Crippen molar-refractivity contribution in [2.75, 3.05) is 0 Å². The van der Waals surface area contributed by atoms with Crippen LogP contribution in [-0.2, 0) is 0 Å². The molecule has 0 amide bonds. The smallest absolute Gasteiger partial charge is 0.230 e. The van der Waals surface area contributed by atoms with Crippen LogP contribution in [0.4, 0.5) is 35.1 Å². The van der Waals surface area contributed by atoms with Crippen LogP contribution < -0.4 is 0 Å². The summed E-state index contributed by atoms with van der Waals surface area (Å²) in [6.07, 6.45) is -11.0. The molecule has 1 unspecified atom stereocenters. The van der Waals surface area contributed by atoms with E-state index in [1.54, 1.807) is 0 Å². The molecule has 0 nitrogen and oxygen atoms in total. The molecule has 0 fully saturated rings. The van der Waals surface area contributed by atoms with Crippen LogP contribution in [-0.4, -0.2) is 24.2 Å². The molecule has 0 saturated heterocycles. The van der Waals surface area contributed by atoms with Crippen LogP contribution in [0, 0.1) is 6.92 Å². The van der Waals surface area contributed by atoms with Crippen LogP contribution in [0.3, 0.4) is 0 Å². The summed E-state index contributed by atoms with van der Waals surface area (Å²) in [6, 6.07) is 0. The summed E-state index contributed by atoms with van der Waals surface area (Å²) in [5, 5.41) is 0. The standard InChI is InChI=1S/C5H3F8/c1-3(7,8)4(9,10)2(6)5(11,12)13/h2H,1H2. The van der Waals surface area contributed by atoms with E-state index in [0.717, 1.165) is 0 Å². The maximum atomic E-state index is 11.9. The van der Waals surface area contributed by atoms with Crippen molar-refractivity contribution in [2.24, 2.45) is 0 Å². The second kappa shape index (κ2) is 2.98. The van der Waals surface area contributed by atoms with Crippen LogP contribution in [0.25, 0.3) is 0 Å². The van der Waals surface area contributed by atoms with Gasteiger partial charge in [-0.05, 0) is 0 Å². The quantitative estimate of drug-likeness (QED) is 0.621. The van der Waals surface area contributed by atoms with E-state index in [4.69, 9.17) is 0 Å². The molecule has 0 aliphatic carbocycles. The minimum absolute atomic E-state index is 1.45. The van der Waals surface area contributed by atoms with Gasteiger partial charge in [0, 0.05) is 6.92 Å². The van der Waals surface area contributed by atoms with Crippen LogP contribution in [0.15, 0.2) is 0 Å². The van der Waals surface area contributed by atoms with Crippen LogP contribution in [0.2, 0.25) is 0 Å². The summed E-state index contributed by atoms with van der Waals surface area (Å²) >= 11 is 0. The lowest BCUT2D eigenvalue weighted by Crippen LogP contribution is -2.52. The molecule has 0 aromatic carbocycles. The lowest BCUT2D eigenvalue weighted by atomic mass is 10.1. The van der Waals surface area contributed by atoms with E-state index in [2.05, 4.69) is 0 Å². The van der Waals surface area contributed by atoms with E-state index in [0.29, 0.717) is 0 Å². The molecule has 0 spiro atoms. The van der Waals surface area contributed by atoms with Crippen molar-refractivity contribution in [2.45, 2.75) is 24.2 Å². The van der Waals surface area contributed by atoms with Crippen molar-refractivity contribution in [1.82, 2.24) is 0 Å². The Labute approximate surface area is 67.5 Å². The molecular formula is C5H3F8. The summed E-state index contributed by atoms with van der Waals surface area (Å²) in [7, 11) is 0. The zero-order valence-corrected chi connectivity index (χ0v) is 5.81. The maximum absolute atomic E-state index is 11.9. The SMILES string of the molecule is [CH2]C(F)(F)C(F)(F)C(F)C(F)(F)F. The Balaban J connectivity index is 4.86. The summed E-state index contributed by atoms with van der Waals surface area (Å²) < 4.78 is 92.8. The fraction of sp³-hybridized carbons (Fsp3) is 0.800. The van der Waals surface area contributed by atoms with Crippen molar-refractivity contribution in [1.29, 1.82) is 0 Å². The fourth-order valence-electron chi connectivity index (χ4n) is 0.391. The Hall–Kier alpha value is -0.560. The van der Waals surface area contributed by atoms with Gasteiger partial charge in [0.25, 0.3) is 6.17 Å². The number of rotatable bonds is 2.